The lowest BCUT2D eigenvalue weighted by molar-refractivity contribution is -0.385. The van der Waals surface area contributed by atoms with E-state index in [1.807, 2.05) is 0 Å². The first kappa shape index (κ1) is 16.0. The fourth-order valence-corrected chi connectivity index (χ4v) is 1.37. The van der Waals surface area contributed by atoms with Gasteiger partial charge < -0.3 is 9.84 Å². The smallest absolute Gasteiger partial charge is 0.328 e. The fraction of sp³-hybridized carbons (Fsp3) is 0.0833. The largest absolute Gasteiger partial charge is 0.481 e. The molecule has 0 bridgehead atoms. The lowest BCUT2D eigenvalue weighted by Gasteiger charge is -2.06. The number of hydrogen-bond donors (Lipinski definition) is 1. The second kappa shape index (κ2) is 7.52. The first-order valence-electron chi connectivity index (χ1n) is 5.21. The van der Waals surface area contributed by atoms with Gasteiger partial charge in [-0.1, -0.05) is 29.3 Å². The normalized spacial score (nSPS) is 11.6. The number of ether oxygens (including phenoxy) is 1. The van der Waals surface area contributed by atoms with Gasteiger partial charge in [-0.15, -0.1) is 0 Å². The van der Waals surface area contributed by atoms with E-state index < -0.39 is 10.9 Å². The standard InChI is InChI=1S/C12H9Cl2NO5/c13-6-9(14)7-20-11-3-1-8(2-4-12(16)17)5-10(11)15(18)19/h1-6H,7H2,(H,16,17). The van der Waals surface area contributed by atoms with Crippen molar-refractivity contribution in [3.63, 3.8) is 0 Å². The van der Waals surface area contributed by atoms with Gasteiger partial charge in [0.15, 0.2) is 5.75 Å². The third-order valence-corrected chi connectivity index (χ3v) is 2.68. The van der Waals surface area contributed by atoms with Gasteiger partial charge in [-0.2, -0.15) is 0 Å². The van der Waals surface area contributed by atoms with E-state index in [0.29, 0.717) is 5.56 Å². The molecule has 1 aromatic carbocycles. The van der Waals surface area contributed by atoms with Gasteiger partial charge in [0.25, 0.3) is 0 Å². The van der Waals surface area contributed by atoms with Crippen molar-refractivity contribution in [2.75, 3.05) is 6.61 Å². The second-order valence-corrected chi connectivity index (χ2v) is 4.20. The Hall–Kier alpha value is -2.05. The Morgan fingerprint density at radius 2 is 2.20 bits per heavy atom. The van der Waals surface area contributed by atoms with Gasteiger partial charge in [0.2, 0.25) is 0 Å². The summed E-state index contributed by atoms with van der Waals surface area (Å²) in [5, 5.41) is 19.6. The molecule has 0 radical (unpaired) electrons. The Balaban J connectivity index is 3.02. The minimum Gasteiger partial charge on any atom is -0.481 e. The van der Waals surface area contributed by atoms with Gasteiger partial charge in [0.05, 0.1) is 9.96 Å². The highest BCUT2D eigenvalue weighted by Crippen LogP contribution is 2.29. The van der Waals surface area contributed by atoms with E-state index in [-0.39, 0.29) is 23.1 Å². The molecular weight excluding hydrogens is 309 g/mol. The highest BCUT2D eigenvalue weighted by atomic mass is 35.5. The maximum absolute atomic E-state index is 10.9. The van der Waals surface area contributed by atoms with E-state index in [0.717, 1.165) is 11.6 Å². The molecule has 0 amide bonds. The van der Waals surface area contributed by atoms with E-state index in [9.17, 15) is 14.9 Å². The molecule has 8 heteroatoms. The summed E-state index contributed by atoms with van der Waals surface area (Å²) in [6, 6.07) is 4.05. The number of nitrogens with zero attached hydrogens (tertiary/aromatic N) is 1. The summed E-state index contributed by atoms with van der Waals surface area (Å²) in [7, 11) is 0. The number of halogens is 2. The highest BCUT2D eigenvalue weighted by molar-refractivity contribution is 6.36. The highest BCUT2D eigenvalue weighted by Gasteiger charge is 2.15. The number of carboxylic acids is 1. The predicted molar refractivity (Wildman–Crippen MR) is 75.1 cm³/mol. The number of benzene rings is 1. The lowest BCUT2D eigenvalue weighted by Crippen LogP contribution is -2.00. The van der Waals surface area contributed by atoms with Crippen molar-refractivity contribution in [3.8, 4) is 5.75 Å². The maximum atomic E-state index is 10.9. The topological polar surface area (TPSA) is 89.7 Å². The van der Waals surface area contributed by atoms with Crippen LogP contribution >= 0.6 is 23.2 Å². The first-order valence-corrected chi connectivity index (χ1v) is 6.02. The van der Waals surface area contributed by atoms with Gasteiger partial charge in [0.1, 0.15) is 6.61 Å². The predicted octanol–water partition coefficient (Wildman–Crippen LogP) is 3.39. The summed E-state index contributed by atoms with van der Waals surface area (Å²) < 4.78 is 5.16. The van der Waals surface area contributed by atoms with Crippen molar-refractivity contribution in [2.24, 2.45) is 0 Å². The maximum Gasteiger partial charge on any atom is 0.328 e. The van der Waals surface area contributed by atoms with E-state index in [1.165, 1.54) is 24.3 Å². The Labute approximate surface area is 124 Å². The molecule has 0 aliphatic rings. The average molecular weight is 318 g/mol. The average Bonchev–Trinajstić information content (AvgIpc) is 2.42. The Morgan fingerprint density at radius 1 is 1.50 bits per heavy atom. The third-order valence-electron chi connectivity index (χ3n) is 2.08. The van der Waals surface area contributed by atoms with E-state index in [2.05, 4.69) is 0 Å². The number of carboxylic acid groups (broad SMARTS) is 1. The van der Waals surface area contributed by atoms with Crippen LogP contribution in [0.3, 0.4) is 0 Å². The number of rotatable bonds is 6. The van der Waals surface area contributed by atoms with Gasteiger partial charge in [-0.3, -0.25) is 10.1 Å². The molecule has 0 unspecified atom stereocenters. The molecule has 0 fully saturated rings. The van der Waals surface area contributed by atoms with Crippen LogP contribution < -0.4 is 4.74 Å². The summed E-state index contributed by atoms with van der Waals surface area (Å²) in [6.45, 7) is -0.101. The molecule has 0 saturated heterocycles. The van der Waals surface area contributed by atoms with Crippen molar-refractivity contribution < 1.29 is 19.6 Å². The molecule has 0 heterocycles. The second-order valence-electron chi connectivity index (χ2n) is 3.50. The molecule has 0 atom stereocenters. The van der Waals surface area contributed by atoms with Crippen LogP contribution in [0.15, 0.2) is 34.8 Å². The molecule has 0 saturated carbocycles. The fourth-order valence-electron chi connectivity index (χ4n) is 1.25. The SMILES string of the molecule is O=C(O)C=Cc1ccc(OCC(Cl)=CCl)c([N+](=O)[O-])c1. The van der Waals surface area contributed by atoms with Crippen LogP contribution in [0.5, 0.6) is 5.75 Å². The van der Waals surface area contributed by atoms with E-state index in [4.69, 9.17) is 33.0 Å². The first-order chi connectivity index (χ1) is 9.43. The van der Waals surface area contributed by atoms with Crippen LogP contribution in [0.2, 0.25) is 0 Å². The number of carbonyl (C=O) groups is 1. The molecule has 1 N–H and O–H groups in total. The van der Waals surface area contributed by atoms with Crippen molar-refractivity contribution in [1.82, 2.24) is 0 Å². The Bertz CT molecular complexity index is 583. The van der Waals surface area contributed by atoms with Crippen molar-refractivity contribution in [1.29, 1.82) is 0 Å². The van der Waals surface area contributed by atoms with Crippen molar-refractivity contribution in [2.45, 2.75) is 0 Å². The van der Waals surface area contributed by atoms with Crippen LogP contribution in [0.1, 0.15) is 5.56 Å². The van der Waals surface area contributed by atoms with Gasteiger partial charge in [-0.25, -0.2) is 4.79 Å². The van der Waals surface area contributed by atoms with Crippen molar-refractivity contribution >= 4 is 40.9 Å². The minimum absolute atomic E-state index is 0.0131. The molecule has 0 aromatic heterocycles. The number of hydrogen-bond acceptors (Lipinski definition) is 4. The zero-order chi connectivity index (χ0) is 15.1. The Kier molecular flexibility index (Phi) is 6.02. The number of nitro groups is 1. The molecule has 1 aromatic rings. The number of nitro benzene ring substituents is 1. The van der Waals surface area contributed by atoms with Crippen LogP contribution in [-0.2, 0) is 4.79 Å². The summed E-state index contributed by atoms with van der Waals surface area (Å²) in [5.74, 6) is -1.13. The quantitative estimate of drug-likeness (QED) is 0.493. The minimum atomic E-state index is -1.15. The van der Waals surface area contributed by atoms with Crippen LogP contribution in [-0.4, -0.2) is 22.6 Å². The van der Waals surface area contributed by atoms with E-state index in [1.54, 1.807) is 0 Å². The molecule has 0 aliphatic heterocycles. The zero-order valence-electron chi connectivity index (χ0n) is 9.95. The van der Waals surface area contributed by atoms with Crippen LogP contribution in [0, 0.1) is 10.1 Å². The molecule has 106 valence electrons. The molecular formula is C12H9Cl2NO5. The molecule has 0 aliphatic carbocycles. The molecule has 6 nitrogen and oxygen atoms in total. The van der Waals surface area contributed by atoms with Gasteiger partial charge in [-0.05, 0) is 17.7 Å². The Morgan fingerprint density at radius 3 is 2.75 bits per heavy atom. The van der Waals surface area contributed by atoms with E-state index >= 15 is 0 Å². The summed E-state index contributed by atoms with van der Waals surface area (Å²) in [5.41, 5.74) is 1.17. The monoisotopic (exact) mass is 317 g/mol. The lowest BCUT2D eigenvalue weighted by atomic mass is 10.1. The van der Waals surface area contributed by atoms with Crippen molar-refractivity contribution in [3.05, 3.63) is 50.5 Å². The molecule has 1 rings (SSSR count). The van der Waals surface area contributed by atoms with Crippen LogP contribution in [0.25, 0.3) is 6.08 Å². The van der Waals surface area contributed by atoms with Gasteiger partial charge >= 0.3 is 11.7 Å². The molecule has 0 spiro atoms. The van der Waals surface area contributed by atoms with Crippen LogP contribution in [0.4, 0.5) is 5.69 Å². The summed E-state index contributed by atoms with van der Waals surface area (Å²) in [6.07, 6.45) is 2.12. The van der Waals surface area contributed by atoms with Gasteiger partial charge in [0, 0.05) is 17.7 Å². The number of aliphatic carboxylic acids is 1. The summed E-state index contributed by atoms with van der Waals surface area (Å²) >= 11 is 11.0. The molecule has 20 heavy (non-hydrogen) atoms. The zero-order valence-corrected chi connectivity index (χ0v) is 11.5. The third kappa shape index (κ3) is 4.91. The summed E-state index contributed by atoms with van der Waals surface area (Å²) in [4.78, 5) is 20.7.